The van der Waals surface area contributed by atoms with Gasteiger partial charge in [0.2, 0.25) is 11.8 Å². The highest BCUT2D eigenvalue weighted by molar-refractivity contribution is 5.82. The van der Waals surface area contributed by atoms with Crippen LogP contribution in [-0.4, -0.2) is 27.7 Å². The number of rotatable bonds is 1. The number of ether oxygens (including phenoxy) is 1. The van der Waals surface area contributed by atoms with Crippen molar-refractivity contribution in [2.24, 2.45) is 0 Å². The highest BCUT2D eigenvalue weighted by atomic mass is 16.5. The van der Waals surface area contributed by atoms with E-state index in [9.17, 15) is 9.59 Å². The molecule has 0 amide bonds. The molecule has 0 atom stereocenters. The number of aromatic amines is 1. The zero-order valence-corrected chi connectivity index (χ0v) is 7.98. The third-order valence-corrected chi connectivity index (χ3v) is 1.85. The van der Waals surface area contributed by atoms with Crippen LogP contribution >= 0.6 is 0 Å². The third kappa shape index (κ3) is 1.80. The molecular weight excluding hydrogens is 216 g/mol. The molecule has 2 rings (SSSR count). The number of nitrogens with two attached hydrogens (primary N) is 1. The van der Waals surface area contributed by atoms with Crippen molar-refractivity contribution in [2.75, 3.05) is 17.7 Å². The normalized spacial score (nSPS) is 16.1. The van der Waals surface area contributed by atoms with Gasteiger partial charge in [0.1, 0.15) is 6.61 Å². The fraction of sp³-hybridized carbons (Fsp3) is 0.125. The van der Waals surface area contributed by atoms with E-state index in [-0.39, 0.29) is 29.8 Å². The van der Waals surface area contributed by atoms with Crippen LogP contribution in [0, 0.1) is 0 Å². The lowest BCUT2D eigenvalue weighted by atomic mass is 10.3. The van der Waals surface area contributed by atoms with Crippen LogP contribution in [0.3, 0.4) is 0 Å². The maximum absolute atomic E-state index is 11.4. The Morgan fingerprint density at radius 1 is 1.62 bits per heavy atom. The molecule has 16 heavy (non-hydrogen) atoms. The highest BCUT2D eigenvalue weighted by Gasteiger charge is 2.19. The molecule has 8 heteroatoms. The molecule has 0 radical (unpaired) electrons. The largest absolute Gasteiger partial charge is 0.478 e. The number of carboxylic acid groups (broad SMARTS) is 1. The molecule has 0 saturated carbocycles. The van der Waals surface area contributed by atoms with Crippen LogP contribution in [0.15, 0.2) is 16.6 Å². The molecule has 1 aromatic heterocycles. The number of carbonyl (C=O) groups is 1. The summed E-state index contributed by atoms with van der Waals surface area (Å²) in [6.45, 7) is -0.00477. The summed E-state index contributed by atoms with van der Waals surface area (Å²) in [4.78, 5) is 27.9. The summed E-state index contributed by atoms with van der Waals surface area (Å²) in [5, 5.41) is 11.2. The number of carboxylic acids is 1. The summed E-state index contributed by atoms with van der Waals surface area (Å²) in [5.74, 6) is -1.13. The van der Waals surface area contributed by atoms with E-state index < -0.39 is 11.5 Å². The quantitative estimate of drug-likeness (QED) is 0.456. The number of nitrogen functional groups attached to an aromatic ring is 1. The summed E-state index contributed by atoms with van der Waals surface area (Å²) < 4.78 is 5.09. The van der Waals surface area contributed by atoms with Crippen molar-refractivity contribution < 1.29 is 14.6 Å². The third-order valence-electron chi connectivity index (χ3n) is 1.85. The first kappa shape index (κ1) is 10.0. The average molecular weight is 224 g/mol. The van der Waals surface area contributed by atoms with Crippen molar-refractivity contribution in [2.45, 2.75) is 0 Å². The smallest absolute Gasteiger partial charge is 0.330 e. The standard InChI is InChI=1S/C8H8N4O4/c9-8-11-6(15)5-7(12-8)16-2-3(10-5)1-4(13)14/h1,10H,2H2,(H,13,14)(H3,9,11,12,15)/b3-1+. The van der Waals surface area contributed by atoms with Crippen molar-refractivity contribution in [1.82, 2.24) is 9.97 Å². The SMILES string of the molecule is Nc1nc2c(c(=O)[nH]1)N/C(=C/C(=O)O)CO2. The van der Waals surface area contributed by atoms with Gasteiger partial charge in [-0.2, -0.15) is 4.98 Å². The summed E-state index contributed by atoms with van der Waals surface area (Å²) in [7, 11) is 0. The van der Waals surface area contributed by atoms with Gasteiger partial charge < -0.3 is 20.9 Å². The molecule has 0 saturated heterocycles. The average Bonchev–Trinajstić information content (AvgIpc) is 2.18. The fourth-order valence-electron chi connectivity index (χ4n) is 1.25. The molecule has 0 bridgehead atoms. The van der Waals surface area contributed by atoms with Crippen LogP contribution in [0.5, 0.6) is 5.88 Å². The Kier molecular flexibility index (Phi) is 2.24. The Morgan fingerprint density at radius 3 is 3.06 bits per heavy atom. The molecule has 0 aliphatic carbocycles. The van der Waals surface area contributed by atoms with E-state index in [0.717, 1.165) is 6.08 Å². The van der Waals surface area contributed by atoms with Gasteiger partial charge in [-0.15, -0.1) is 0 Å². The molecule has 0 spiro atoms. The first-order valence-electron chi connectivity index (χ1n) is 4.29. The van der Waals surface area contributed by atoms with Crippen molar-refractivity contribution in [3.05, 3.63) is 22.1 Å². The van der Waals surface area contributed by atoms with E-state index >= 15 is 0 Å². The van der Waals surface area contributed by atoms with Crippen molar-refractivity contribution in [3.8, 4) is 5.88 Å². The molecule has 2 heterocycles. The number of hydrogen-bond acceptors (Lipinski definition) is 6. The zero-order chi connectivity index (χ0) is 11.7. The van der Waals surface area contributed by atoms with Gasteiger partial charge in [0, 0.05) is 6.08 Å². The molecule has 84 valence electrons. The van der Waals surface area contributed by atoms with Gasteiger partial charge in [-0.25, -0.2) is 4.79 Å². The van der Waals surface area contributed by atoms with Crippen LogP contribution in [-0.2, 0) is 4.79 Å². The number of aliphatic carboxylic acids is 1. The lowest BCUT2D eigenvalue weighted by Gasteiger charge is -2.19. The molecule has 8 nitrogen and oxygen atoms in total. The first-order chi connectivity index (χ1) is 7.56. The van der Waals surface area contributed by atoms with Gasteiger partial charge in [0.05, 0.1) is 5.70 Å². The maximum atomic E-state index is 11.4. The first-order valence-corrected chi connectivity index (χ1v) is 4.29. The maximum Gasteiger partial charge on any atom is 0.330 e. The van der Waals surface area contributed by atoms with Gasteiger partial charge in [-0.1, -0.05) is 0 Å². The Hall–Kier alpha value is -2.51. The second-order valence-corrected chi connectivity index (χ2v) is 3.05. The Labute approximate surface area is 88.8 Å². The molecule has 0 unspecified atom stereocenters. The Bertz CT molecular complexity index is 533. The minimum atomic E-state index is -1.13. The zero-order valence-electron chi connectivity index (χ0n) is 7.98. The Morgan fingerprint density at radius 2 is 2.38 bits per heavy atom. The summed E-state index contributed by atoms with van der Waals surface area (Å²) >= 11 is 0. The van der Waals surface area contributed by atoms with Gasteiger partial charge in [0.15, 0.2) is 5.69 Å². The predicted octanol–water partition coefficient (Wildman–Crippen LogP) is -0.875. The van der Waals surface area contributed by atoms with Crippen molar-refractivity contribution >= 4 is 17.6 Å². The molecule has 5 N–H and O–H groups in total. The summed E-state index contributed by atoms with van der Waals surface area (Å²) in [6, 6.07) is 0. The Balaban J connectivity index is 2.41. The van der Waals surface area contributed by atoms with E-state index in [2.05, 4.69) is 15.3 Å². The predicted molar refractivity (Wildman–Crippen MR) is 54.1 cm³/mol. The van der Waals surface area contributed by atoms with Crippen molar-refractivity contribution in [1.29, 1.82) is 0 Å². The van der Waals surface area contributed by atoms with Crippen molar-refractivity contribution in [3.63, 3.8) is 0 Å². The minimum Gasteiger partial charge on any atom is -0.478 e. The van der Waals surface area contributed by atoms with Gasteiger partial charge >= 0.3 is 5.97 Å². The fourth-order valence-corrected chi connectivity index (χ4v) is 1.25. The van der Waals surface area contributed by atoms with Gasteiger partial charge in [-0.3, -0.25) is 9.78 Å². The number of aromatic nitrogens is 2. The number of H-pyrrole nitrogens is 1. The molecule has 1 aromatic rings. The van der Waals surface area contributed by atoms with Crippen LogP contribution < -0.4 is 21.3 Å². The number of anilines is 2. The molecule has 0 aromatic carbocycles. The molecule has 0 fully saturated rings. The number of fused-ring (bicyclic) bond motifs is 1. The molecule has 1 aliphatic rings. The number of hydrogen-bond donors (Lipinski definition) is 4. The highest BCUT2D eigenvalue weighted by Crippen LogP contribution is 2.23. The van der Waals surface area contributed by atoms with Gasteiger partial charge in [0.25, 0.3) is 5.56 Å². The topological polar surface area (TPSA) is 130 Å². The van der Waals surface area contributed by atoms with E-state index in [1.54, 1.807) is 0 Å². The van der Waals surface area contributed by atoms with Crippen LogP contribution in [0.1, 0.15) is 0 Å². The van der Waals surface area contributed by atoms with Crippen LogP contribution in [0.4, 0.5) is 11.6 Å². The number of nitrogens with zero attached hydrogens (tertiary/aromatic N) is 1. The molecule has 1 aliphatic heterocycles. The second-order valence-electron chi connectivity index (χ2n) is 3.05. The van der Waals surface area contributed by atoms with Crippen LogP contribution in [0.2, 0.25) is 0 Å². The van der Waals surface area contributed by atoms with Gasteiger partial charge in [-0.05, 0) is 0 Å². The van der Waals surface area contributed by atoms with E-state index in [4.69, 9.17) is 15.6 Å². The monoisotopic (exact) mass is 224 g/mol. The lowest BCUT2D eigenvalue weighted by molar-refractivity contribution is -0.131. The van der Waals surface area contributed by atoms with E-state index in [1.807, 2.05) is 0 Å². The second kappa shape index (κ2) is 3.57. The molecular formula is C8H8N4O4. The van der Waals surface area contributed by atoms with E-state index in [1.165, 1.54) is 0 Å². The summed E-state index contributed by atoms with van der Waals surface area (Å²) in [5.41, 5.74) is 5.11. The summed E-state index contributed by atoms with van der Waals surface area (Å²) in [6.07, 6.45) is 0.915. The minimum absolute atomic E-state index is 0.00477. The number of nitrogens with one attached hydrogen (secondary N) is 2. The van der Waals surface area contributed by atoms with Crippen LogP contribution in [0.25, 0.3) is 0 Å². The van der Waals surface area contributed by atoms with E-state index in [0.29, 0.717) is 0 Å². The lowest BCUT2D eigenvalue weighted by Crippen LogP contribution is -2.26.